The number of benzene rings is 2. The average molecular weight is 284 g/mol. The summed E-state index contributed by atoms with van der Waals surface area (Å²) in [4.78, 5) is 12.6. The third-order valence-electron chi connectivity index (χ3n) is 3.47. The van der Waals surface area contributed by atoms with Gasteiger partial charge < -0.3 is 9.15 Å². The van der Waals surface area contributed by atoms with Gasteiger partial charge in [-0.05, 0) is 25.1 Å². The van der Waals surface area contributed by atoms with Crippen LogP contribution in [0, 0.1) is 12.7 Å². The van der Waals surface area contributed by atoms with Gasteiger partial charge in [0.1, 0.15) is 22.7 Å². The van der Waals surface area contributed by atoms with Crippen molar-refractivity contribution in [1.29, 1.82) is 0 Å². The van der Waals surface area contributed by atoms with Gasteiger partial charge in [0.25, 0.3) is 0 Å². The van der Waals surface area contributed by atoms with Crippen molar-refractivity contribution in [1.82, 2.24) is 0 Å². The van der Waals surface area contributed by atoms with Gasteiger partial charge in [-0.15, -0.1) is 0 Å². The van der Waals surface area contributed by atoms with Crippen LogP contribution in [-0.4, -0.2) is 12.9 Å². The fraction of sp³-hybridized carbons (Fsp3) is 0.118. The molecule has 0 amide bonds. The summed E-state index contributed by atoms with van der Waals surface area (Å²) in [6.45, 7) is 1.78. The Labute approximate surface area is 120 Å². The zero-order valence-electron chi connectivity index (χ0n) is 11.6. The minimum Gasteiger partial charge on any atom is -0.496 e. The molecule has 0 saturated carbocycles. The Morgan fingerprint density at radius 3 is 2.62 bits per heavy atom. The highest BCUT2D eigenvalue weighted by Crippen LogP contribution is 2.30. The summed E-state index contributed by atoms with van der Waals surface area (Å²) < 4.78 is 24.7. The van der Waals surface area contributed by atoms with E-state index in [1.807, 2.05) is 18.2 Å². The second-order valence-corrected chi connectivity index (χ2v) is 4.70. The van der Waals surface area contributed by atoms with Crippen molar-refractivity contribution < 1.29 is 18.3 Å². The van der Waals surface area contributed by atoms with Crippen LogP contribution in [0.4, 0.5) is 4.39 Å². The SMILES string of the molecule is COc1cccc(F)c1C(=O)c1oc2ccccc2c1C. The highest BCUT2D eigenvalue weighted by atomic mass is 19.1. The maximum Gasteiger partial charge on any atom is 0.235 e. The molecule has 0 aliphatic heterocycles. The molecule has 3 rings (SSSR count). The Hall–Kier alpha value is -2.62. The predicted octanol–water partition coefficient (Wildman–Crippen LogP) is 4.12. The lowest BCUT2D eigenvalue weighted by Crippen LogP contribution is -2.07. The monoisotopic (exact) mass is 284 g/mol. The van der Waals surface area contributed by atoms with Gasteiger partial charge >= 0.3 is 0 Å². The van der Waals surface area contributed by atoms with E-state index in [2.05, 4.69) is 0 Å². The average Bonchev–Trinajstić information content (AvgIpc) is 2.84. The fourth-order valence-corrected chi connectivity index (χ4v) is 2.40. The van der Waals surface area contributed by atoms with Crippen LogP contribution in [-0.2, 0) is 0 Å². The van der Waals surface area contributed by atoms with Crippen molar-refractivity contribution in [3.05, 3.63) is 65.2 Å². The Morgan fingerprint density at radius 2 is 1.90 bits per heavy atom. The van der Waals surface area contributed by atoms with Crippen LogP contribution in [0.5, 0.6) is 5.75 Å². The zero-order valence-corrected chi connectivity index (χ0v) is 11.6. The second-order valence-electron chi connectivity index (χ2n) is 4.70. The maximum atomic E-state index is 14.0. The molecule has 21 heavy (non-hydrogen) atoms. The van der Waals surface area contributed by atoms with Gasteiger partial charge in [-0.3, -0.25) is 4.79 Å². The first-order chi connectivity index (χ1) is 10.1. The number of carbonyl (C=O) groups is 1. The molecule has 3 aromatic rings. The summed E-state index contributed by atoms with van der Waals surface area (Å²) in [6, 6.07) is 11.6. The Bertz CT molecular complexity index is 833. The minimum atomic E-state index is -0.626. The molecule has 0 bridgehead atoms. The van der Waals surface area contributed by atoms with Crippen molar-refractivity contribution in [2.45, 2.75) is 6.92 Å². The molecule has 1 aromatic heterocycles. The Kier molecular flexibility index (Phi) is 3.22. The molecule has 0 aliphatic carbocycles. The number of hydrogen-bond donors (Lipinski definition) is 0. The Morgan fingerprint density at radius 1 is 1.14 bits per heavy atom. The first-order valence-electron chi connectivity index (χ1n) is 6.49. The molecule has 4 heteroatoms. The third kappa shape index (κ3) is 2.09. The lowest BCUT2D eigenvalue weighted by molar-refractivity contribution is 0.100. The van der Waals surface area contributed by atoms with E-state index in [0.717, 1.165) is 5.39 Å². The third-order valence-corrected chi connectivity index (χ3v) is 3.47. The molecule has 0 N–H and O–H groups in total. The van der Waals surface area contributed by atoms with Gasteiger partial charge in [0, 0.05) is 10.9 Å². The van der Waals surface area contributed by atoms with Crippen molar-refractivity contribution in [3.8, 4) is 5.75 Å². The molecule has 106 valence electrons. The van der Waals surface area contributed by atoms with Gasteiger partial charge in [0.05, 0.1) is 7.11 Å². The molecule has 2 aromatic carbocycles. The molecular weight excluding hydrogens is 271 g/mol. The van der Waals surface area contributed by atoms with Crippen molar-refractivity contribution in [2.24, 2.45) is 0 Å². The number of methoxy groups -OCH3 is 1. The van der Waals surface area contributed by atoms with E-state index in [1.165, 1.54) is 19.2 Å². The van der Waals surface area contributed by atoms with E-state index < -0.39 is 11.6 Å². The van der Waals surface area contributed by atoms with Crippen LogP contribution >= 0.6 is 0 Å². The number of carbonyl (C=O) groups excluding carboxylic acids is 1. The number of halogens is 1. The topological polar surface area (TPSA) is 39.4 Å². The second kappa shape index (κ2) is 5.05. The van der Waals surface area contributed by atoms with E-state index in [9.17, 15) is 9.18 Å². The molecule has 0 saturated heterocycles. The molecule has 0 unspecified atom stereocenters. The quantitative estimate of drug-likeness (QED) is 0.679. The minimum absolute atomic E-state index is 0.109. The maximum absolute atomic E-state index is 14.0. The standard InChI is InChI=1S/C17H13FO3/c1-10-11-6-3-4-8-13(11)21-17(10)16(19)15-12(18)7-5-9-14(15)20-2/h3-9H,1-2H3. The lowest BCUT2D eigenvalue weighted by Gasteiger charge is -2.07. The molecular formula is C17H13FO3. The number of aryl methyl sites for hydroxylation is 1. The molecule has 0 aliphatic rings. The van der Waals surface area contributed by atoms with E-state index in [-0.39, 0.29) is 17.1 Å². The first kappa shape index (κ1) is 13.4. The fourth-order valence-electron chi connectivity index (χ4n) is 2.40. The van der Waals surface area contributed by atoms with Crippen molar-refractivity contribution in [3.63, 3.8) is 0 Å². The highest BCUT2D eigenvalue weighted by molar-refractivity contribution is 6.12. The number of furan rings is 1. The number of hydrogen-bond acceptors (Lipinski definition) is 3. The smallest absolute Gasteiger partial charge is 0.235 e. The van der Waals surface area contributed by atoms with Crippen molar-refractivity contribution >= 4 is 16.8 Å². The molecule has 1 heterocycles. The van der Waals surface area contributed by atoms with Crippen LogP contribution in [0.2, 0.25) is 0 Å². The number of ketones is 1. The van der Waals surface area contributed by atoms with E-state index >= 15 is 0 Å². The zero-order chi connectivity index (χ0) is 15.0. The van der Waals surface area contributed by atoms with E-state index in [1.54, 1.807) is 19.1 Å². The Balaban J connectivity index is 2.20. The largest absolute Gasteiger partial charge is 0.496 e. The molecule has 0 spiro atoms. The summed E-state index contributed by atoms with van der Waals surface area (Å²) in [5.74, 6) is -0.808. The van der Waals surface area contributed by atoms with Crippen molar-refractivity contribution in [2.75, 3.05) is 7.11 Å². The number of para-hydroxylation sites is 1. The molecule has 0 atom stereocenters. The highest BCUT2D eigenvalue weighted by Gasteiger charge is 2.25. The number of ether oxygens (including phenoxy) is 1. The lowest BCUT2D eigenvalue weighted by atomic mass is 10.0. The molecule has 0 fully saturated rings. The summed E-state index contributed by atoms with van der Waals surface area (Å²) in [6.07, 6.45) is 0. The summed E-state index contributed by atoms with van der Waals surface area (Å²) in [7, 11) is 1.40. The van der Waals surface area contributed by atoms with Crippen LogP contribution in [0.15, 0.2) is 46.9 Å². The molecule has 0 radical (unpaired) electrons. The normalized spacial score (nSPS) is 10.8. The summed E-state index contributed by atoms with van der Waals surface area (Å²) >= 11 is 0. The molecule has 3 nitrogen and oxygen atoms in total. The number of rotatable bonds is 3. The number of fused-ring (bicyclic) bond motifs is 1. The van der Waals surface area contributed by atoms with Crippen LogP contribution in [0.25, 0.3) is 11.0 Å². The van der Waals surface area contributed by atoms with Gasteiger partial charge in [0.15, 0.2) is 5.76 Å². The van der Waals surface area contributed by atoms with Gasteiger partial charge in [0.2, 0.25) is 5.78 Å². The van der Waals surface area contributed by atoms with Gasteiger partial charge in [-0.2, -0.15) is 0 Å². The first-order valence-corrected chi connectivity index (χ1v) is 6.49. The summed E-state index contributed by atoms with van der Waals surface area (Å²) in [5, 5.41) is 0.844. The predicted molar refractivity (Wildman–Crippen MR) is 77.3 cm³/mol. The van der Waals surface area contributed by atoms with Crippen LogP contribution < -0.4 is 4.74 Å². The van der Waals surface area contributed by atoms with Crippen LogP contribution in [0.1, 0.15) is 21.7 Å². The van der Waals surface area contributed by atoms with Crippen LogP contribution in [0.3, 0.4) is 0 Å². The van der Waals surface area contributed by atoms with Gasteiger partial charge in [-0.25, -0.2) is 4.39 Å². The van der Waals surface area contributed by atoms with E-state index in [0.29, 0.717) is 11.1 Å². The van der Waals surface area contributed by atoms with Gasteiger partial charge in [-0.1, -0.05) is 24.3 Å². The van der Waals surface area contributed by atoms with E-state index in [4.69, 9.17) is 9.15 Å². The summed E-state index contributed by atoms with van der Waals surface area (Å²) in [5.41, 5.74) is 1.19.